The standard InChI is InChI=1S/C19H23N3O3/c1-15-4-2-3-5-17(15)19(23)21-16-6-7-18(20-14-16)25-13-10-22-8-11-24-12-9-22/h2-7,14H,8-13H2,1H3,(H,21,23). The number of aromatic nitrogens is 1. The number of carbonyl (C=O) groups is 1. The van der Waals surface area contributed by atoms with Crippen molar-refractivity contribution in [3.8, 4) is 5.88 Å². The van der Waals surface area contributed by atoms with Gasteiger partial charge >= 0.3 is 0 Å². The Morgan fingerprint density at radius 3 is 2.76 bits per heavy atom. The van der Waals surface area contributed by atoms with Crippen LogP contribution in [0, 0.1) is 6.92 Å². The van der Waals surface area contributed by atoms with E-state index in [9.17, 15) is 4.79 Å². The molecule has 0 aliphatic carbocycles. The molecule has 1 aliphatic heterocycles. The number of nitrogens with one attached hydrogen (secondary N) is 1. The molecule has 3 rings (SSSR count). The van der Waals surface area contributed by atoms with Crippen molar-refractivity contribution in [2.24, 2.45) is 0 Å². The lowest BCUT2D eigenvalue weighted by Crippen LogP contribution is -2.38. The number of nitrogens with zero attached hydrogens (tertiary/aromatic N) is 2. The van der Waals surface area contributed by atoms with Crippen LogP contribution in [0.4, 0.5) is 5.69 Å². The second kappa shape index (κ2) is 8.60. The molecule has 132 valence electrons. The number of amides is 1. The predicted octanol–water partition coefficient (Wildman–Crippen LogP) is 2.35. The molecule has 0 unspecified atom stereocenters. The van der Waals surface area contributed by atoms with E-state index in [1.807, 2.05) is 25.1 Å². The van der Waals surface area contributed by atoms with Gasteiger partial charge in [0.15, 0.2) is 0 Å². The summed E-state index contributed by atoms with van der Waals surface area (Å²) >= 11 is 0. The first kappa shape index (κ1) is 17.4. The third kappa shape index (κ3) is 5.01. The van der Waals surface area contributed by atoms with Crippen LogP contribution in [-0.4, -0.2) is 55.2 Å². The summed E-state index contributed by atoms with van der Waals surface area (Å²) in [4.78, 5) is 18.8. The maximum Gasteiger partial charge on any atom is 0.255 e. The van der Waals surface area contributed by atoms with Gasteiger partial charge in [0.05, 0.1) is 25.1 Å². The van der Waals surface area contributed by atoms with Gasteiger partial charge in [-0.25, -0.2) is 4.98 Å². The fraction of sp³-hybridized carbons (Fsp3) is 0.368. The summed E-state index contributed by atoms with van der Waals surface area (Å²) in [7, 11) is 0. The molecular formula is C19H23N3O3. The number of ether oxygens (including phenoxy) is 2. The van der Waals surface area contributed by atoms with Crippen LogP contribution in [0.1, 0.15) is 15.9 Å². The van der Waals surface area contributed by atoms with Crippen molar-refractivity contribution >= 4 is 11.6 Å². The van der Waals surface area contributed by atoms with Gasteiger partial charge in [-0.3, -0.25) is 9.69 Å². The Hall–Kier alpha value is -2.44. The number of pyridine rings is 1. The third-order valence-electron chi connectivity index (χ3n) is 4.15. The zero-order valence-corrected chi connectivity index (χ0v) is 14.4. The largest absolute Gasteiger partial charge is 0.476 e. The Morgan fingerprint density at radius 2 is 2.04 bits per heavy atom. The Bertz CT molecular complexity index is 697. The SMILES string of the molecule is Cc1ccccc1C(=O)Nc1ccc(OCCN2CCOCC2)nc1. The fourth-order valence-electron chi connectivity index (χ4n) is 2.67. The molecule has 1 aromatic carbocycles. The lowest BCUT2D eigenvalue weighted by atomic mass is 10.1. The van der Waals surface area contributed by atoms with E-state index in [1.165, 1.54) is 0 Å². The first-order chi connectivity index (χ1) is 12.2. The number of benzene rings is 1. The number of hydrogen-bond donors (Lipinski definition) is 1. The van der Waals surface area contributed by atoms with Crippen LogP contribution in [-0.2, 0) is 4.74 Å². The topological polar surface area (TPSA) is 63.7 Å². The molecule has 1 amide bonds. The molecule has 1 saturated heterocycles. The summed E-state index contributed by atoms with van der Waals surface area (Å²) in [5.41, 5.74) is 2.25. The quantitative estimate of drug-likeness (QED) is 0.874. The molecule has 0 saturated carbocycles. The van der Waals surface area contributed by atoms with E-state index in [2.05, 4.69) is 15.2 Å². The highest BCUT2D eigenvalue weighted by Gasteiger charge is 2.11. The van der Waals surface area contributed by atoms with Crippen LogP contribution in [0.25, 0.3) is 0 Å². The molecule has 1 N–H and O–H groups in total. The third-order valence-corrected chi connectivity index (χ3v) is 4.15. The zero-order valence-electron chi connectivity index (χ0n) is 14.4. The highest BCUT2D eigenvalue weighted by Crippen LogP contribution is 2.14. The Morgan fingerprint density at radius 1 is 1.24 bits per heavy atom. The van der Waals surface area contributed by atoms with Gasteiger partial charge in [-0.1, -0.05) is 18.2 Å². The van der Waals surface area contributed by atoms with E-state index >= 15 is 0 Å². The van der Waals surface area contributed by atoms with Crippen LogP contribution in [0.15, 0.2) is 42.6 Å². The van der Waals surface area contributed by atoms with E-state index in [4.69, 9.17) is 9.47 Å². The van der Waals surface area contributed by atoms with Gasteiger partial charge < -0.3 is 14.8 Å². The lowest BCUT2D eigenvalue weighted by Gasteiger charge is -2.26. The second-order valence-electron chi connectivity index (χ2n) is 5.96. The molecule has 0 bridgehead atoms. The van der Waals surface area contributed by atoms with E-state index in [0.717, 1.165) is 38.4 Å². The minimum Gasteiger partial charge on any atom is -0.476 e. The molecule has 6 heteroatoms. The summed E-state index contributed by atoms with van der Waals surface area (Å²) in [6, 6.07) is 11.1. The van der Waals surface area contributed by atoms with Crippen LogP contribution in [0.2, 0.25) is 0 Å². The minimum absolute atomic E-state index is 0.138. The van der Waals surface area contributed by atoms with Gasteiger partial charge in [0.1, 0.15) is 6.61 Å². The highest BCUT2D eigenvalue weighted by atomic mass is 16.5. The van der Waals surface area contributed by atoms with Crippen LogP contribution in [0.5, 0.6) is 5.88 Å². The van der Waals surface area contributed by atoms with E-state index in [1.54, 1.807) is 24.4 Å². The monoisotopic (exact) mass is 341 g/mol. The first-order valence-electron chi connectivity index (χ1n) is 8.48. The van der Waals surface area contributed by atoms with Gasteiger partial charge in [0, 0.05) is 31.3 Å². The molecule has 0 radical (unpaired) electrons. The van der Waals surface area contributed by atoms with Crippen LogP contribution in [0.3, 0.4) is 0 Å². The molecule has 0 spiro atoms. The molecule has 25 heavy (non-hydrogen) atoms. The molecule has 6 nitrogen and oxygen atoms in total. The molecule has 1 aliphatic rings. The number of rotatable bonds is 6. The van der Waals surface area contributed by atoms with Crippen molar-refractivity contribution in [3.05, 3.63) is 53.7 Å². The van der Waals surface area contributed by atoms with Crippen molar-refractivity contribution in [2.45, 2.75) is 6.92 Å². The Kier molecular flexibility index (Phi) is 5.98. The van der Waals surface area contributed by atoms with E-state index < -0.39 is 0 Å². The van der Waals surface area contributed by atoms with Gasteiger partial charge in [-0.2, -0.15) is 0 Å². The maximum atomic E-state index is 12.3. The predicted molar refractivity (Wildman–Crippen MR) is 96.1 cm³/mol. The number of morpholine rings is 1. The van der Waals surface area contributed by atoms with Crippen molar-refractivity contribution in [1.82, 2.24) is 9.88 Å². The first-order valence-corrected chi connectivity index (χ1v) is 8.48. The highest BCUT2D eigenvalue weighted by molar-refractivity contribution is 6.05. The van der Waals surface area contributed by atoms with Crippen molar-refractivity contribution < 1.29 is 14.3 Å². The maximum absolute atomic E-state index is 12.3. The van der Waals surface area contributed by atoms with E-state index in [-0.39, 0.29) is 5.91 Å². The normalized spacial score (nSPS) is 14.9. The summed E-state index contributed by atoms with van der Waals surface area (Å²) in [6.45, 7) is 6.82. The average molecular weight is 341 g/mol. The molecular weight excluding hydrogens is 318 g/mol. The number of anilines is 1. The molecule has 2 aromatic rings. The number of carbonyl (C=O) groups excluding carboxylic acids is 1. The zero-order chi connectivity index (χ0) is 17.5. The van der Waals surface area contributed by atoms with Crippen molar-refractivity contribution in [3.63, 3.8) is 0 Å². The Balaban J connectivity index is 1.48. The summed E-state index contributed by atoms with van der Waals surface area (Å²) in [5.74, 6) is 0.419. The molecule has 2 heterocycles. The average Bonchev–Trinajstić information content (AvgIpc) is 2.64. The molecule has 1 fully saturated rings. The van der Waals surface area contributed by atoms with E-state index in [0.29, 0.717) is 23.7 Å². The molecule has 1 aromatic heterocycles. The van der Waals surface area contributed by atoms with Gasteiger partial charge in [0.25, 0.3) is 5.91 Å². The second-order valence-corrected chi connectivity index (χ2v) is 5.96. The molecule has 0 atom stereocenters. The lowest BCUT2D eigenvalue weighted by molar-refractivity contribution is 0.0320. The smallest absolute Gasteiger partial charge is 0.255 e. The van der Waals surface area contributed by atoms with Crippen LogP contribution < -0.4 is 10.1 Å². The summed E-state index contributed by atoms with van der Waals surface area (Å²) in [5, 5.41) is 2.85. The minimum atomic E-state index is -0.138. The number of hydrogen-bond acceptors (Lipinski definition) is 5. The summed E-state index contributed by atoms with van der Waals surface area (Å²) in [6.07, 6.45) is 1.61. The van der Waals surface area contributed by atoms with Crippen molar-refractivity contribution in [1.29, 1.82) is 0 Å². The van der Waals surface area contributed by atoms with Gasteiger partial charge in [0.2, 0.25) is 5.88 Å². The fourth-order valence-corrected chi connectivity index (χ4v) is 2.67. The summed E-state index contributed by atoms with van der Waals surface area (Å²) < 4.78 is 11.0. The van der Waals surface area contributed by atoms with Crippen molar-refractivity contribution in [2.75, 3.05) is 44.8 Å². The van der Waals surface area contributed by atoms with Gasteiger partial charge in [-0.15, -0.1) is 0 Å². The number of aryl methyl sites for hydroxylation is 1. The van der Waals surface area contributed by atoms with Crippen LogP contribution >= 0.6 is 0 Å². The van der Waals surface area contributed by atoms with Gasteiger partial charge in [-0.05, 0) is 24.6 Å². The Labute approximate surface area is 147 Å².